The van der Waals surface area contributed by atoms with Gasteiger partial charge in [-0.3, -0.25) is 14.4 Å². The van der Waals surface area contributed by atoms with E-state index in [-0.39, 0.29) is 38.1 Å². The predicted octanol–water partition coefficient (Wildman–Crippen LogP) is 2.31. The molecule has 8 heteroatoms. The number of nitrogens with zero attached hydrogens (tertiary/aromatic N) is 2. The minimum atomic E-state index is -1.17. The van der Waals surface area contributed by atoms with Crippen molar-refractivity contribution >= 4 is 23.5 Å². The highest BCUT2D eigenvalue weighted by atomic mass is 16.6. The summed E-state index contributed by atoms with van der Waals surface area (Å²) in [7, 11) is 0. The SMILES string of the molecule is C=CCOC(=O)[C@@H]1[C@H]2C(=O)N(CCO)C(C(=O)N(CC=C)c3cc(C)ccc3C)C23CC[C@@]1(C)O3. The molecule has 1 spiro atoms. The lowest BCUT2D eigenvalue weighted by molar-refractivity contribution is -0.158. The first kappa shape index (κ1) is 25.1. The molecule has 0 radical (unpaired) electrons. The third kappa shape index (κ3) is 3.79. The quantitative estimate of drug-likeness (QED) is 0.429. The van der Waals surface area contributed by atoms with Gasteiger partial charge in [0.25, 0.3) is 5.91 Å². The normalized spacial score (nSPS) is 30.8. The number of likely N-dealkylation sites (tertiary alicyclic amines) is 1. The number of hydrogen-bond donors (Lipinski definition) is 1. The maximum atomic E-state index is 14.3. The first-order valence-electron chi connectivity index (χ1n) is 12.0. The zero-order valence-corrected chi connectivity index (χ0v) is 20.7. The van der Waals surface area contributed by atoms with Gasteiger partial charge in [0.1, 0.15) is 24.2 Å². The number of ether oxygens (including phenoxy) is 2. The number of fused-ring (bicyclic) bond motifs is 1. The van der Waals surface area contributed by atoms with Crippen LogP contribution >= 0.6 is 0 Å². The molecule has 2 unspecified atom stereocenters. The summed E-state index contributed by atoms with van der Waals surface area (Å²) in [6.07, 6.45) is 4.10. The number of aryl methyl sites for hydroxylation is 2. The Morgan fingerprint density at radius 1 is 1.29 bits per heavy atom. The average molecular weight is 483 g/mol. The molecule has 3 fully saturated rings. The molecule has 0 aromatic heterocycles. The van der Waals surface area contributed by atoms with E-state index in [0.717, 1.165) is 16.8 Å². The van der Waals surface area contributed by atoms with E-state index in [9.17, 15) is 19.5 Å². The van der Waals surface area contributed by atoms with E-state index < -0.39 is 35.0 Å². The molecule has 1 aromatic carbocycles. The van der Waals surface area contributed by atoms with Crippen molar-refractivity contribution < 1.29 is 29.0 Å². The molecule has 2 bridgehead atoms. The lowest BCUT2D eigenvalue weighted by atomic mass is 9.66. The second-order valence-electron chi connectivity index (χ2n) is 9.93. The maximum Gasteiger partial charge on any atom is 0.313 e. The molecule has 1 aromatic rings. The smallest absolute Gasteiger partial charge is 0.313 e. The van der Waals surface area contributed by atoms with Crippen molar-refractivity contribution in [2.75, 3.05) is 31.2 Å². The van der Waals surface area contributed by atoms with E-state index >= 15 is 0 Å². The van der Waals surface area contributed by atoms with E-state index in [0.29, 0.717) is 12.8 Å². The summed E-state index contributed by atoms with van der Waals surface area (Å²) in [5.74, 6) is -2.89. The molecule has 5 atom stereocenters. The van der Waals surface area contributed by atoms with Crippen LogP contribution in [0.4, 0.5) is 5.69 Å². The van der Waals surface area contributed by atoms with Gasteiger partial charge in [-0.05, 0) is 50.8 Å². The molecule has 2 amide bonds. The van der Waals surface area contributed by atoms with Crippen molar-refractivity contribution in [3.8, 4) is 0 Å². The number of aliphatic hydroxyl groups is 1. The second-order valence-corrected chi connectivity index (χ2v) is 9.93. The number of aliphatic hydroxyl groups excluding tert-OH is 1. The van der Waals surface area contributed by atoms with Crippen LogP contribution in [0.15, 0.2) is 43.5 Å². The van der Waals surface area contributed by atoms with Crippen molar-refractivity contribution in [3.05, 3.63) is 54.6 Å². The summed E-state index contributed by atoms with van der Waals surface area (Å²) < 4.78 is 11.9. The topological polar surface area (TPSA) is 96.4 Å². The molecular formula is C27H34N2O6. The number of hydrogen-bond acceptors (Lipinski definition) is 6. The minimum absolute atomic E-state index is 0.0295. The van der Waals surface area contributed by atoms with E-state index in [1.165, 1.54) is 11.0 Å². The van der Waals surface area contributed by atoms with Crippen LogP contribution in [0.2, 0.25) is 0 Å². The summed E-state index contributed by atoms with van der Waals surface area (Å²) in [6, 6.07) is 4.88. The van der Waals surface area contributed by atoms with Crippen molar-refractivity contribution in [2.45, 2.75) is 50.9 Å². The van der Waals surface area contributed by atoms with Gasteiger partial charge in [-0.15, -0.1) is 6.58 Å². The summed E-state index contributed by atoms with van der Waals surface area (Å²) in [4.78, 5) is 44.2. The van der Waals surface area contributed by atoms with Gasteiger partial charge in [-0.2, -0.15) is 0 Å². The fourth-order valence-corrected chi connectivity index (χ4v) is 6.24. The monoisotopic (exact) mass is 482 g/mol. The van der Waals surface area contributed by atoms with Crippen molar-refractivity contribution in [1.82, 2.24) is 4.90 Å². The van der Waals surface area contributed by atoms with Gasteiger partial charge in [0, 0.05) is 18.8 Å². The van der Waals surface area contributed by atoms with Gasteiger partial charge in [0.05, 0.1) is 18.1 Å². The molecule has 3 heterocycles. The number of carbonyl (C=O) groups excluding carboxylic acids is 3. The Morgan fingerprint density at radius 3 is 2.69 bits per heavy atom. The van der Waals surface area contributed by atoms with E-state index in [1.54, 1.807) is 11.0 Å². The highest BCUT2D eigenvalue weighted by Crippen LogP contribution is 2.63. The number of anilines is 1. The number of carbonyl (C=O) groups is 3. The molecule has 8 nitrogen and oxygen atoms in total. The van der Waals surface area contributed by atoms with Crippen molar-refractivity contribution in [3.63, 3.8) is 0 Å². The molecule has 3 aliphatic heterocycles. The highest BCUT2D eigenvalue weighted by molar-refractivity contribution is 6.05. The number of esters is 1. The standard InChI is InChI=1S/C27H34N2O6/c1-6-12-28(19-16-17(3)8-9-18(19)4)24(32)22-27-11-10-26(5,35-27)21(25(33)34-15-7-2)20(27)23(31)29(22)13-14-30/h6-9,16,20-22,30H,1-2,10-15H2,3-5H3/t20-,21-,22?,26+,27?/m0/s1. The Kier molecular flexibility index (Phi) is 6.64. The lowest BCUT2D eigenvalue weighted by Crippen LogP contribution is -2.57. The summed E-state index contributed by atoms with van der Waals surface area (Å²) in [6.45, 7) is 13.0. The summed E-state index contributed by atoms with van der Waals surface area (Å²) >= 11 is 0. The fraction of sp³-hybridized carbons (Fsp3) is 0.519. The molecule has 35 heavy (non-hydrogen) atoms. The average Bonchev–Trinajstić information content (AvgIpc) is 3.38. The van der Waals surface area contributed by atoms with E-state index in [1.807, 2.05) is 39.0 Å². The van der Waals surface area contributed by atoms with Crippen LogP contribution in [0.3, 0.4) is 0 Å². The van der Waals surface area contributed by atoms with Crippen LogP contribution < -0.4 is 4.90 Å². The Morgan fingerprint density at radius 2 is 2.03 bits per heavy atom. The molecular weight excluding hydrogens is 448 g/mol. The minimum Gasteiger partial charge on any atom is -0.461 e. The maximum absolute atomic E-state index is 14.3. The molecule has 188 valence electrons. The third-order valence-corrected chi connectivity index (χ3v) is 7.68. The van der Waals surface area contributed by atoms with Crippen molar-refractivity contribution in [1.29, 1.82) is 0 Å². The third-order valence-electron chi connectivity index (χ3n) is 7.68. The lowest BCUT2D eigenvalue weighted by Gasteiger charge is -2.37. The zero-order valence-electron chi connectivity index (χ0n) is 20.7. The number of rotatable bonds is 9. The van der Waals surface area contributed by atoms with Crippen LogP contribution in [-0.4, -0.2) is 71.3 Å². The van der Waals surface area contributed by atoms with Crippen molar-refractivity contribution in [2.24, 2.45) is 11.8 Å². The van der Waals surface area contributed by atoms with Gasteiger partial charge in [-0.25, -0.2) is 0 Å². The van der Waals surface area contributed by atoms with E-state index in [4.69, 9.17) is 9.47 Å². The van der Waals surface area contributed by atoms with Crippen LogP contribution in [0.5, 0.6) is 0 Å². The number of amides is 2. The fourth-order valence-electron chi connectivity index (χ4n) is 6.24. The number of benzene rings is 1. The summed E-state index contributed by atoms with van der Waals surface area (Å²) in [5, 5.41) is 9.78. The van der Waals surface area contributed by atoms with Crippen LogP contribution in [0.1, 0.15) is 30.9 Å². The number of β-amino-alcohol motifs (C(OH)–C–C–N with tert-alkyl or cyclic N) is 1. The molecule has 3 saturated heterocycles. The van der Waals surface area contributed by atoms with Crippen LogP contribution in [0.25, 0.3) is 0 Å². The molecule has 0 saturated carbocycles. The Bertz CT molecular complexity index is 1070. The molecule has 3 aliphatic rings. The van der Waals surface area contributed by atoms with Gasteiger partial charge >= 0.3 is 5.97 Å². The highest BCUT2D eigenvalue weighted by Gasteiger charge is 2.78. The summed E-state index contributed by atoms with van der Waals surface area (Å²) in [5.41, 5.74) is 0.547. The van der Waals surface area contributed by atoms with Crippen LogP contribution in [-0.2, 0) is 23.9 Å². The predicted molar refractivity (Wildman–Crippen MR) is 131 cm³/mol. The Hall–Kier alpha value is -2.97. The zero-order chi connectivity index (χ0) is 25.5. The van der Waals surface area contributed by atoms with E-state index in [2.05, 4.69) is 13.2 Å². The first-order chi connectivity index (χ1) is 16.6. The van der Waals surface area contributed by atoms with Gasteiger partial charge in [0.15, 0.2) is 0 Å². The molecule has 1 N–H and O–H groups in total. The van der Waals surface area contributed by atoms with Gasteiger partial charge in [0.2, 0.25) is 5.91 Å². The van der Waals surface area contributed by atoms with Gasteiger partial charge < -0.3 is 24.4 Å². The Balaban J connectivity index is 1.80. The Labute approximate surface area is 206 Å². The largest absolute Gasteiger partial charge is 0.461 e. The van der Waals surface area contributed by atoms with Gasteiger partial charge in [-0.1, -0.05) is 30.9 Å². The molecule has 4 rings (SSSR count). The van der Waals surface area contributed by atoms with Crippen LogP contribution in [0, 0.1) is 25.7 Å². The second kappa shape index (κ2) is 9.24. The first-order valence-corrected chi connectivity index (χ1v) is 12.0. The molecule has 0 aliphatic carbocycles.